The monoisotopic (exact) mass is 396 g/mol. The van der Waals surface area contributed by atoms with Gasteiger partial charge in [0.1, 0.15) is 0 Å². The Hall–Kier alpha value is -3.35. The van der Waals surface area contributed by atoms with Crippen LogP contribution in [0.15, 0.2) is 48.5 Å². The molecule has 4 N–H and O–H groups in total. The minimum atomic E-state index is -0.373. The van der Waals surface area contributed by atoms with E-state index in [1.165, 1.54) is 0 Å². The number of amides is 4. The second-order valence-corrected chi connectivity index (χ2v) is 7.44. The van der Waals surface area contributed by atoms with Gasteiger partial charge in [0, 0.05) is 23.8 Å². The van der Waals surface area contributed by atoms with Crippen LogP contribution in [0.5, 0.6) is 0 Å². The third kappa shape index (κ3) is 6.95. The van der Waals surface area contributed by atoms with Gasteiger partial charge in [0.15, 0.2) is 0 Å². The van der Waals surface area contributed by atoms with Crippen molar-refractivity contribution in [3.63, 3.8) is 0 Å². The van der Waals surface area contributed by atoms with Gasteiger partial charge in [0.25, 0.3) is 11.8 Å². The van der Waals surface area contributed by atoms with E-state index in [0.717, 1.165) is 0 Å². The van der Waals surface area contributed by atoms with Crippen molar-refractivity contribution < 1.29 is 14.4 Å². The molecule has 0 saturated carbocycles. The Morgan fingerprint density at radius 3 is 2.28 bits per heavy atom. The van der Waals surface area contributed by atoms with Crippen molar-refractivity contribution in [2.75, 3.05) is 17.2 Å². The van der Waals surface area contributed by atoms with Gasteiger partial charge in [-0.05, 0) is 50.1 Å². The summed E-state index contributed by atoms with van der Waals surface area (Å²) < 4.78 is 0. The number of carbonyl (C=O) groups is 3. The highest BCUT2D eigenvalue weighted by molar-refractivity contribution is 6.09. The zero-order valence-corrected chi connectivity index (χ0v) is 17.2. The second-order valence-electron chi connectivity index (χ2n) is 7.44. The summed E-state index contributed by atoms with van der Waals surface area (Å²) in [7, 11) is 0. The molecule has 0 spiro atoms. The molecule has 154 valence electrons. The largest absolute Gasteiger partial charge is 0.352 e. The van der Waals surface area contributed by atoms with Crippen LogP contribution in [0.4, 0.5) is 16.2 Å². The molecule has 0 heterocycles. The maximum absolute atomic E-state index is 12.7. The van der Waals surface area contributed by atoms with Crippen molar-refractivity contribution in [3.8, 4) is 0 Å². The first-order valence-corrected chi connectivity index (χ1v) is 9.62. The summed E-state index contributed by atoms with van der Waals surface area (Å²) in [6, 6.07) is 13.1. The summed E-state index contributed by atoms with van der Waals surface area (Å²) in [6.07, 6.45) is 0. The van der Waals surface area contributed by atoms with Crippen molar-refractivity contribution in [2.45, 2.75) is 33.7 Å². The van der Waals surface area contributed by atoms with Crippen molar-refractivity contribution in [1.29, 1.82) is 0 Å². The second kappa shape index (κ2) is 10.3. The summed E-state index contributed by atoms with van der Waals surface area (Å²) in [6.45, 7) is 8.29. The minimum absolute atomic E-state index is 0.000162. The fourth-order valence-corrected chi connectivity index (χ4v) is 2.54. The lowest BCUT2D eigenvalue weighted by molar-refractivity contribution is 0.0950. The van der Waals surface area contributed by atoms with Gasteiger partial charge in [-0.25, -0.2) is 4.79 Å². The third-order valence-electron chi connectivity index (χ3n) is 3.89. The number of hydrogen-bond donors (Lipinski definition) is 4. The van der Waals surface area contributed by atoms with Crippen LogP contribution < -0.4 is 21.3 Å². The van der Waals surface area contributed by atoms with Crippen LogP contribution in [0.3, 0.4) is 0 Å². The molecule has 0 aliphatic carbocycles. The van der Waals surface area contributed by atoms with E-state index in [-0.39, 0.29) is 23.9 Å². The molecule has 0 aliphatic rings. The Kier molecular flexibility index (Phi) is 7.77. The SMILES string of the molecule is CC(C)CNC(=O)c1ccccc1NC(=O)c1cccc(NC(=O)NC(C)C)c1. The minimum Gasteiger partial charge on any atom is -0.352 e. The first kappa shape index (κ1) is 21.9. The van der Waals surface area contributed by atoms with Crippen LogP contribution in [-0.4, -0.2) is 30.4 Å². The Morgan fingerprint density at radius 2 is 1.59 bits per heavy atom. The van der Waals surface area contributed by atoms with Crippen LogP contribution >= 0.6 is 0 Å². The summed E-state index contributed by atoms with van der Waals surface area (Å²) in [5, 5.41) is 11.1. The van der Waals surface area contributed by atoms with Crippen LogP contribution in [0.25, 0.3) is 0 Å². The molecule has 0 atom stereocenters. The Balaban J connectivity index is 2.12. The average molecular weight is 396 g/mol. The van der Waals surface area contributed by atoms with Gasteiger partial charge < -0.3 is 21.3 Å². The lowest BCUT2D eigenvalue weighted by Crippen LogP contribution is -2.34. The van der Waals surface area contributed by atoms with E-state index < -0.39 is 0 Å². The predicted molar refractivity (Wildman–Crippen MR) is 115 cm³/mol. The molecule has 0 aliphatic heterocycles. The molecule has 0 radical (unpaired) electrons. The molecule has 0 saturated heterocycles. The molecule has 2 aromatic carbocycles. The standard InChI is InChI=1S/C22H28N4O3/c1-14(2)13-23-21(28)18-10-5-6-11-19(18)26-20(27)16-8-7-9-17(12-16)25-22(29)24-15(3)4/h5-12,14-15H,13H2,1-4H3,(H,23,28)(H,26,27)(H2,24,25,29). The number of nitrogens with one attached hydrogen (secondary N) is 4. The predicted octanol–water partition coefficient (Wildman–Crippen LogP) is 3.85. The van der Waals surface area contributed by atoms with Crippen LogP contribution in [0.2, 0.25) is 0 Å². The van der Waals surface area contributed by atoms with Crippen molar-refractivity contribution in [2.24, 2.45) is 5.92 Å². The van der Waals surface area contributed by atoms with Gasteiger partial charge in [-0.1, -0.05) is 32.0 Å². The molecular weight excluding hydrogens is 368 g/mol. The van der Waals surface area contributed by atoms with Gasteiger partial charge in [-0.3, -0.25) is 9.59 Å². The molecule has 7 nitrogen and oxygen atoms in total. The number of carbonyl (C=O) groups excluding carboxylic acids is 3. The fraction of sp³-hybridized carbons (Fsp3) is 0.318. The molecule has 0 unspecified atom stereocenters. The molecule has 2 rings (SSSR count). The van der Waals surface area contributed by atoms with E-state index in [2.05, 4.69) is 21.3 Å². The summed E-state index contributed by atoms with van der Waals surface area (Å²) in [5.74, 6) is -0.291. The number of para-hydroxylation sites is 1. The normalized spacial score (nSPS) is 10.6. The first-order valence-electron chi connectivity index (χ1n) is 9.62. The van der Waals surface area contributed by atoms with Crippen LogP contribution in [0.1, 0.15) is 48.4 Å². The molecule has 0 fully saturated rings. The number of hydrogen-bond acceptors (Lipinski definition) is 3. The molecular formula is C22H28N4O3. The van der Waals surface area contributed by atoms with Crippen molar-refractivity contribution in [1.82, 2.24) is 10.6 Å². The Morgan fingerprint density at radius 1 is 0.862 bits per heavy atom. The Bertz CT molecular complexity index is 878. The fourth-order valence-electron chi connectivity index (χ4n) is 2.54. The van der Waals surface area contributed by atoms with E-state index in [1.54, 1.807) is 48.5 Å². The smallest absolute Gasteiger partial charge is 0.319 e. The van der Waals surface area contributed by atoms with E-state index in [9.17, 15) is 14.4 Å². The number of anilines is 2. The van der Waals surface area contributed by atoms with Gasteiger partial charge in [0.2, 0.25) is 0 Å². The number of benzene rings is 2. The highest BCUT2D eigenvalue weighted by atomic mass is 16.2. The molecule has 0 bridgehead atoms. The summed E-state index contributed by atoms with van der Waals surface area (Å²) >= 11 is 0. The van der Waals surface area contributed by atoms with Crippen molar-refractivity contribution >= 4 is 29.2 Å². The number of rotatable bonds is 7. The highest BCUT2D eigenvalue weighted by Crippen LogP contribution is 2.18. The molecule has 2 aromatic rings. The van der Waals surface area contributed by atoms with Crippen molar-refractivity contribution in [3.05, 3.63) is 59.7 Å². The van der Waals surface area contributed by atoms with E-state index in [4.69, 9.17) is 0 Å². The maximum atomic E-state index is 12.7. The zero-order valence-electron chi connectivity index (χ0n) is 17.2. The lowest BCUT2D eigenvalue weighted by atomic mass is 10.1. The van der Waals surface area contributed by atoms with E-state index in [0.29, 0.717) is 35.0 Å². The maximum Gasteiger partial charge on any atom is 0.319 e. The van der Waals surface area contributed by atoms with Gasteiger partial charge in [-0.2, -0.15) is 0 Å². The van der Waals surface area contributed by atoms with Gasteiger partial charge in [-0.15, -0.1) is 0 Å². The number of urea groups is 1. The third-order valence-corrected chi connectivity index (χ3v) is 3.89. The van der Waals surface area contributed by atoms with E-state index in [1.807, 2.05) is 27.7 Å². The highest BCUT2D eigenvalue weighted by Gasteiger charge is 2.15. The molecule has 7 heteroatoms. The molecule has 4 amide bonds. The quantitative estimate of drug-likeness (QED) is 0.572. The van der Waals surface area contributed by atoms with E-state index >= 15 is 0 Å². The zero-order chi connectivity index (χ0) is 21.4. The van der Waals surface area contributed by atoms with Crippen LogP contribution in [-0.2, 0) is 0 Å². The summed E-state index contributed by atoms with van der Waals surface area (Å²) in [4.78, 5) is 37.0. The first-order chi connectivity index (χ1) is 13.8. The molecule has 0 aromatic heterocycles. The summed E-state index contributed by atoms with van der Waals surface area (Å²) in [5.41, 5.74) is 1.69. The molecule has 29 heavy (non-hydrogen) atoms. The topological polar surface area (TPSA) is 99.3 Å². The Labute approximate surface area is 171 Å². The van der Waals surface area contributed by atoms with Gasteiger partial charge in [0.05, 0.1) is 11.3 Å². The van der Waals surface area contributed by atoms with Gasteiger partial charge >= 0.3 is 6.03 Å². The average Bonchev–Trinajstić information content (AvgIpc) is 2.66. The lowest BCUT2D eigenvalue weighted by Gasteiger charge is -2.13. The van der Waals surface area contributed by atoms with Crippen LogP contribution in [0, 0.1) is 5.92 Å².